The summed E-state index contributed by atoms with van der Waals surface area (Å²) in [6, 6.07) is 4.45. The van der Waals surface area contributed by atoms with E-state index in [0.29, 0.717) is 24.1 Å². The number of nitrogens with zero attached hydrogens (tertiary/aromatic N) is 2. The molecule has 1 N–H and O–H groups in total. The lowest BCUT2D eigenvalue weighted by Gasteiger charge is -2.32. The molecule has 0 saturated carbocycles. The molecule has 0 spiro atoms. The van der Waals surface area contributed by atoms with Gasteiger partial charge in [-0.15, -0.1) is 0 Å². The zero-order chi connectivity index (χ0) is 20.8. The predicted molar refractivity (Wildman–Crippen MR) is 108 cm³/mol. The van der Waals surface area contributed by atoms with Gasteiger partial charge in [0, 0.05) is 22.9 Å². The van der Waals surface area contributed by atoms with Crippen LogP contribution >= 0.6 is 11.8 Å². The Kier molecular flexibility index (Phi) is 5.09. The third-order valence-corrected chi connectivity index (χ3v) is 6.38. The van der Waals surface area contributed by atoms with Gasteiger partial charge in [-0.1, -0.05) is 18.2 Å². The molecule has 10 heteroatoms. The van der Waals surface area contributed by atoms with Gasteiger partial charge in [0.05, 0.1) is 38.7 Å². The number of nitrogens with one attached hydrogen (secondary N) is 1. The minimum atomic E-state index is -4.46. The molecule has 1 aromatic heterocycles. The van der Waals surface area contributed by atoms with E-state index in [9.17, 15) is 18.0 Å². The predicted octanol–water partition coefficient (Wildman–Crippen LogP) is 2.46. The monoisotopic (exact) mass is 413 g/mol. The molecule has 1 saturated heterocycles. The summed E-state index contributed by atoms with van der Waals surface area (Å²) in [5.74, 6) is 1.52. The van der Waals surface area contributed by atoms with Crippen LogP contribution in [0.4, 0.5) is 13.2 Å². The molecule has 2 aliphatic rings. The largest absolute Gasteiger partial charge is 0.416 e. The van der Waals surface area contributed by atoms with Crippen LogP contribution in [0.15, 0.2) is 36.5 Å². The number of halogens is 3. The molecule has 1 fully saturated rings. The smallest absolute Gasteiger partial charge is 0.348 e. The van der Waals surface area contributed by atoms with E-state index in [-0.39, 0.29) is 17.5 Å². The number of aromatic nitrogens is 2. The summed E-state index contributed by atoms with van der Waals surface area (Å²) in [5.41, 5.74) is 1.22. The van der Waals surface area contributed by atoms with Crippen LogP contribution in [0.3, 0.4) is 0 Å². The normalized spacial score (nSPS) is 17.3. The van der Waals surface area contributed by atoms with Crippen molar-refractivity contribution in [2.45, 2.75) is 30.4 Å². The molecule has 146 valence electrons. The average Bonchev–Trinajstić information content (AvgIpc) is 3.09. The van der Waals surface area contributed by atoms with Crippen molar-refractivity contribution < 1.29 is 18.0 Å². The fourth-order valence-electron chi connectivity index (χ4n) is 3.43. The molecule has 29 heavy (non-hydrogen) atoms. The van der Waals surface area contributed by atoms with Crippen molar-refractivity contribution in [2.24, 2.45) is 0 Å². The summed E-state index contributed by atoms with van der Waals surface area (Å²) < 4.78 is 39.9. The highest BCUT2D eigenvalue weighted by Crippen LogP contribution is 2.34. The van der Waals surface area contributed by atoms with Gasteiger partial charge in [-0.05, 0) is 36.1 Å². The Balaban J connectivity index is 1.68. The molecular formula is C19H16B2F3N3OS. The molecule has 2 heterocycles. The Morgan fingerprint density at radius 1 is 1.17 bits per heavy atom. The molecule has 2 aromatic rings. The number of hydrogen-bond donors (Lipinski definition) is 1. The SMILES string of the molecule is [B]C([B])(c1ccc(C(F)(F)F)cc1)n1ncc2c1C(C(=O)NC1CSC1)=CCC2. The molecule has 4 radical (unpaired) electrons. The Hall–Kier alpha value is -2.09. The molecule has 0 atom stereocenters. The van der Waals surface area contributed by atoms with Crippen LogP contribution in [0, 0.1) is 0 Å². The van der Waals surface area contributed by atoms with Crippen LogP contribution in [-0.2, 0) is 22.7 Å². The van der Waals surface area contributed by atoms with Crippen LogP contribution in [0.25, 0.3) is 5.57 Å². The Bertz CT molecular complexity index is 966. The molecule has 1 amide bonds. The highest BCUT2D eigenvalue weighted by atomic mass is 32.2. The van der Waals surface area contributed by atoms with Crippen molar-refractivity contribution >= 4 is 38.9 Å². The van der Waals surface area contributed by atoms with Crippen molar-refractivity contribution in [2.75, 3.05) is 11.5 Å². The van der Waals surface area contributed by atoms with Crippen molar-refractivity contribution in [3.63, 3.8) is 0 Å². The average molecular weight is 413 g/mol. The second kappa shape index (κ2) is 7.31. The number of alkyl halides is 3. The lowest BCUT2D eigenvalue weighted by atomic mass is 9.58. The van der Waals surface area contributed by atoms with Crippen molar-refractivity contribution in [1.82, 2.24) is 15.1 Å². The third kappa shape index (κ3) is 3.74. The molecule has 1 aliphatic heterocycles. The number of thioether (sulfide) groups is 1. The van der Waals surface area contributed by atoms with Crippen LogP contribution in [0.5, 0.6) is 0 Å². The minimum Gasteiger partial charge on any atom is -0.348 e. The summed E-state index contributed by atoms with van der Waals surface area (Å²) in [4.78, 5) is 12.8. The summed E-state index contributed by atoms with van der Waals surface area (Å²) in [6.45, 7) is 0. The Labute approximate surface area is 173 Å². The molecular weight excluding hydrogens is 397 g/mol. The Morgan fingerprint density at radius 3 is 2.41 bits per heavy atom. The topological polar surface area (TPSA) is 46.9 Å². The molecule has 1 aromatic carbocycles. The van der Waals surface area contributed by atoms with Gasteiger partial charge in [0.15, 0.2) is 0 Å². The zero-order valence-electron chi connectivity index (χ0n) is 15.4. The number of amides is 1. The molecule has 1 aliphatic carbocycles. The minimum absolute atomic E-state index is 0.130. The second-order valence-corrected chi connectivity index (χ2v) is 8.27. The number of fused-ring (bicyclic) bond motifs is 1. The molecule has 0 unspecified atom stereocenters. The first-order valence-corrected chi connectivity index (χ1v) is 10.3. The fraction of sp³-hybridized carbons (Fsp3) is 0.368. The van der Waals surface area contributed by atoms with Crippen molar-refractivity contribution in [3.8, 4) is 0 Å². The highest BCUT2D eigenvalue weighted by Gasteiger charge is 2.34. The standard InChI is InChI=1S/C19H16B2F3N3OS/c20-18(21,12-4-6-13(7-5-12)19(22,23)24)27-16-11(8-25-27)2-1-3-15(16)17(28)26-14-9-29-10-14/h3-8,14H,1-2,9-10H2,(H,26,28). The van der Waals surface area contributed by atoms with Gasteiger partial charge in [0.1, 0.15) is 0 Å². The summed E-state index contributed by atoms with van der Waals surface area (Å²) in [6.07, 6.45) is 0.332. The van der Waals surface area contributed by atoms with Crippen LogP contribution in [0.1, 0.15) is 28.8 Å². The van der Waals surface area contributed by atoms with Crippen LogP contribution < -0.4 is 5.32 Å². The highest BCUT2D eigenvalue weighted by molar-refractivity contribution is 8.00. The lowest BCUT2D eigenvalue weighted by Crippen LogP contribution is -2.45. The molecule has 4 nitrogen and oxygen atoms in total. The van der Waals surface area contributed by atoms with Gasteiger partial charge < -0.3 is 5.32 Å². The number of hydrogen-bond acceptors (Lipinski definition) is 3. The lowest BCUT2D eigenvalue weighted by molar-refractivity contribution is -0.137. The van der Waals surface area contributed by atoms with E-state index in [1.807, 2.05) is 6.08 Å². The third-order valence-electron chi connectivity index (χ3n) is 5.11. The number of aryl methyl sites for hydroxylation is 1. The summed E-state index contributed by atoms with van der Waals surface area (Å²) in [5, 5.41) is 5.54. The molecule has 4 rings (SSSR count). The maximum Gasteiger partial charge on any atom is 0.416 e. The maximum atomic E-state index is 12.9. The number of carbonyl (C=O) groups is 1. The number of benzene rings is 1. The van der Waals surface area contributed by atoms with Gasteiger partial charge in [-0.2, -0.15) is 30.0 Å². The van der Waals surface area contributed by atoms with Gasteiger partial charge >= 0.3 is 6.18 Å². The maximum absolute atomic E-state index is 12.9. The van der Waals surface area contributed by atoms with Crippen molar-refractivity contribution in [1.29, 1.82) is 0 Å². The van der Waals surface area contributed by atoms with Crippen LogP contribution in [-0.4, -0.2) is 48.9 Å². The van der Waals surface area contributed by atoms with E-state index < -0.39 is 17.1 Å². The van der Waals surface area contributed by atoms with E-state index in [1.165, 1.54) is 16.8 Å². The fourth-order valence-corrected chi connectivity index (χ4v) is 4.07. The van der Waals surface area contributed by atoms with E-state index >= 15 is 0 Å². The van der Waals surface area contributed by atoms with Gasteiger partial charge in [0.2, 0.25) is 0 Å². The van der Waals surface area contributed by atoms with E-state index in [0.717, 1.165) is 29.2 Å². The summed E-state index contributed by atoms with van der Waals surface area (Å²) >= 11 is 1.76. The van der Waals surface area contributed by atoms with E-state index in [2.05, 4.69) is 10.4 Å². The van der Waals surface area contributed by atoms with E-state index in [1.54, 1.807) is 18.0 Å². The van der Waals surface area contributed by atoms with Crippen LogP contribution in [0.2, 0.25) is 0 Å². The number of rotatable bonds is 4. The number of allylic oxidation sites excluding steroid dienone is 1. The van der Waals surface area contributed by atoms with Crippen molar-refractivity contribution in [3.05, 3.63) is 58.9 Å². The van der Waals surface area contributed by atoms with Gasteiger partial charge in [0.25, 0.3) is 5.91 Å². The van der Waals surface area contributed by atoms with Gasteiger partial charge in [-0.3, -0.25) is 9.48 Å². The summed E-state index contributed by atoms with van der Waals surface area (Å²) in [7, 11) is 12.6. The first-order valence-electron chi connectivity index (χ1n) is 9.10. The quantitative estimate of drug-likeness (QED) is 0.784. The first-order chi connectivity index (χ1) is 13.7. The van der Waals surface area contributed by atoms with Gasteiger partial charge in [-0.25, -0.2) is 0 Å². The van der Waals surface area contributed by atoms with E-state index in [4.69, 9.17) is 15.7 Å². The first kappa shape index (κ1) is 20.2. The number of carbonyl (C=O) groups excluding carboxylic acids is 1. The molecule has 0 bridgehead atoms. The zero-order valence-corrected chi connectivity index (χ0v) is 16.2. The Morgan fingerprint density at radius 2 is 1.83 bits per heavy atom. The second-order valence-electron chi connectivity index (χ2n) is 7.19.